The molecule has 0 radical (unpaired) electrons. The lowest BCUT2D eigenvalue weighted by Gasteiger charge is -2.30. The van der Waals surface area contributed by atoms with Gasteiger partial charge in [0.15, 0.2) is 0 Å². The van der Waals surface area contributed by atoms with Crippen LogP contribution in [0.25, 0.3) is 0 Å². The van der Waals surface area contributed by atoms with E-state index in [0.29, 0.717) is 0 Å². The molecule has 3 heteroatoms. The van der Waals surface area contributed by atoms with Crippen molar-refractivity contribution >= 4 is 5.97 Å². The zero-order valence-corrected chi connectivity index (χ0v) is 16.1. The van der Waals surface area contributed by atoms with E-state index in [1.807, 2.05) is 0 Å². The van der Waals surface area contributed by atoms with Gasteiger partial charge in [0.05, 0.1) is 27.2 Å². The smallest absolute Gasteiger partial charge is 0.0782 e. The third-order valence-corrected chi connectivity index (χ3v) is 4.76. The van der Waals surface area contributed by atoms with Crippen LogP contribution in [0, 0.1) is 0 Å². The number of carboxylic acids is 1. The van der Waals surface area contributed by atoms with E-state index in [4.69, 9.17) is 0 Å². The van der Waals surface area contributed by atoms with E-state index < -0.39 is 5.97 Å². The normalized spacial score (nSPS) is 11.8. The average Bonchev–Trinajstić information content (AvgIpc) is 2.48. The van der Waals surface area contributed by atoms with E-state index in [1.54, 1.807) is 0 Å². The van der Waals surface area contributed by atoms with Gasteiger partial charge in [0.1, 0.15) is 0 Å². The van der Waals surface area contributed by atoms with Crippen molar-refractivity contribution in [2.45, 2.75) is 96.8 Å². The molecule has 138 valence electrons. The molecule has 0 aromatic rings. The van der Waals surface area contributed by atoms with Gasteiger partial charge in [-0.3, -0.25) is 0 Å². The number of carbonyl (C=O) groups is 1. The first-order valence-electron chi connectivity index (χ1n) is 10.00. The summed E-state index contributed by atoms with van der Waals surface area (Å²) in [7, 11) is 4.69. The highest BCUT2D eigenvalue weighted by Crippen LogP contribution is 2.12. The molecule has 0 spiro atoms. The van der Waals surface area contributed by atoms with Gasteiger partial charge in [-0.2, -0.15) is 0 Å². The summed E-state index contributed by atoms with van der Waals surface area (Å²) in [6.07, 6.45) is 16.8. The number of carbonyl (C=O) groups excluding carboxylic acids is 1. The first kappa shape index (κ1) is 22.4. The molecule has 0 aliphatic carbocycles. The van der Waals surface area contributed by atoms with Gasteiger partial charge in [-0.05, 0) is 38.5 Å². The van der Waals surface area contributed by atoms with Gasteiger partial charge in [0.2, 0.25) is 0 Å². The molecule has 23 heavy (non-hydrogen) atoms. The molecule has 0 aliphatic rings. The van der Waals surface area contributed by atoms with Gasteiger partial charge in [0.25, 0.3) is 0 Å². The van der Waals surface area contributed by atoms with Gasteiger partial charge in [0, 0.05) is 5.97 Å². The van der Waals surface area contributed by atoms with Crippen LogP contribution < -0.4 is 5.11 Å². The standard InChI is InChI=1S/C20H41NO2/c1-4-5-6-7-8-9-12-15-18-21(2,3)19-16-13-10-11-14-17-20(22)23/h4-19H2,1-3H3. The first-order chi connectivity index (χ1) is 11.0. The zero-order valence-electron chi connectivity index (χ0n) is 16.1. The van der Waals surface area contributed by atoms with E-state index in [1.165, 1.54) is 77.3 Å². The van der Waals surface area contributed by atoms with E-state index in [9.17, 15) is 9.90 Å². The maximum atomic E-state index is 10.3. The Balaban J connectivity index is 3.38. The monoisotopic (exact) mass is 327 g/mol. The van der Waals surface area contributed by atoms with E-state index in [0.717, 1.165) is 23.7 Å². The minimum atomic E-state index is -0.909. The van der Waals surface area contributed by atoms with Crippen molar-refractivity contribution in [3.63, 3.8) is 0 Å². The molecule has 0 amide bonds. The van der Waals surface area contributed by atoms with Crippen molar-refractivity contribution in [3.8, 4) is 0 Å². The second-order valence-electron chi connectivity index (χ2n) is 7.75. The zero-order chi connectivity index (χ0) is 17.4. The summed E-state index contributed by atoms with van der Waals surface area (Å²) >= 11 is 0. The highest BCUT2D eigenvalue weighted by Gasteiger charge is 2.13. The maximum absolute atomic E-state index is 10.3. The lowest BCUT2D eigenvalue weighted by Crippen LogP contribution is -2.41. The predicted octanol–water partition coefficient (Wildman–Crippen LogP) is 4.29. The molecule has 0 fully saturated rings. The van der Waals surface area contributed by atoms with Crippen LogP contribution in [0.5, 0.6) is 0 Å². The molecule has 0 saturated heterocycles. The fraction of sp³-hybridized carbons (Fsp3) is 0.950. The van der Waals surface area contributed by atoms with Gasteiger partial charge in [-0.25, -0.2) is 0 Å². The van der Waals surface area contributed by atoms with Crippen LogP contribution in [0.15, 0.2) is 0 Å². The van der Waals surface area contributed by atoms with Crippen LogP contribution in [0.2, 0.25) is 0 Å². The number of rotatable bonds is 17. The summed E-state index contributed by atoms with van der Waals surface area (Å²) in [5, 5.41) is 10.3. The van der Waals surface area contributed by atoms with E-state index in [2.05, 4.69) is 21.0 Å². The Morgan fingerprint density at radius 1 is 0.696 bits per heavy atom. The number of aliphatic carboxylic acids is 1. The molecular weight excluding hydrogens is 286 g/mol. The lowest BCUT2D eigenvalue weighted by atomic mass is 10.1. The number of quaternary nitrogens is 1. The molecule has 0 bridgehead atoms. The Kier molecular flexibility index (Phi) is 14.6. The summed E-state index contributed by atoms with van der Waals surface area (Å²) in [4.78, 5) is 10.3. The fourth-order valence-electron chi connectivity index (χ4n) is 3.13. The molecule has 0 atom stereocenters. The molecule has 3 nitrogen and oxygen atoms in total. The van der Waals surface area contributed by atoms with Crippen molar-refractivity contribution in [2.75, 3.05) is 27.2 Å². The van der Waals surface area contributed by atoms with Crippen LogP contribution in [0.3, 0.4) is 0 Å². The predicted molar refractivity (Wildman–Crippen MR) is 97.2 cm³/mol. The highest BCUT2D eigenvalue weighted by molar-refractivity contribution is 5.63. The Morgan fingerprint density at radius 2 is 1.09 bits per heavy atom. The van der Waals surface area contributed by atoms with Gasteiger partial charge < -0.3 is 14.4 Å². The van der Waals surface area contributed by atoms with Crippen LogP contribution in [-0.4, -0.2) is 37.6 Å². The van der Waals surface area contributed by atoms with E-state index >= 15 is 0 Å². The second kappa shape index (κ2) is 15.0. The summed E-state index contributed by atoms with van der Waals surface area (Å²) in [6.45, 7) is 4.81. The Hall–Kier alpha value is -0.570. The SMILES string of the molecule is CCCCCCCCCC[N+](C)(C)CCCCCCCC(=O)[O-]. The molecule has 0 aliphatic heterocycles. The van der Waals surface area contributed by atoms with Crippen molar-refractivity contribution in [1.29, 1.82) is 0 Å². The average molecular weight is 328 g/mol. The molecule has 0 rings (SSSR count). The van der Waals surface area contributed by atoms with Gasteiger partial charge in [-0.1, -0.05) is 58.3 Å². The first-order valence-corrected chi connectivity index (χ1v) is 10.00. The fourth-order valence-corrected chi connectivity index (χ4v) is 3.13. The molecule has 0 heterocycles. The Morgan fingerprint density at radius 3 is 1.52 bits per heavy atom. The molecule has 0 unspecified atom stereocenters. The van der Waals surface area contributed by atoms with E-state index in [-0.39, 0.29) is 6.42 Å². The summed E-state index contributed by atoms with van der Waals surface area (Å²) in [6, 6.07) is 0. The maximum Gasteiger partial charge on any atom is 0.0782 e. The number of carboxylic acid groups (broad SMARTS) is 1. The number of hydrogen-bond donors (Lipinski definition) is 0. The summed E-state index contributed by atoms with van der Waals surface area (Å²) in [5.41, 5.74) is 0. The van der Waals surface area contributed by atoms with Gasteiger partial charge in [-0.15, -0.1) is 0 Å². The second-order valence-corrected chi connectivity index (χ2v) is 7.75. The number of nitrogens with zero attached hydrogens (tertiary/aromatic N) is 1. The summed E-state index contributed by atoms with van der Waals surface area (Å²) < 4.78 is 1.13. The quantitative estimate of drug-likeness (QED) is 0.295. The number of unbranched alkanes of at least 4 members (excludes halogenated alkanes) is 11. The summed E-state index contributed by atoms with van der Waals surface area (Å²) in [5.74, 6) is -0.909. The van der Waals surface area contributed by atoms with Crippen molar-refractivity contribution in [3.05, 3.63) is 0 Å². The van der Waals surface area contributed by atoms with Crippen LogP contribution >= 0.6 is 0 Å². The third-order valence-electron chi connectivity index (χ3n) is 4.76. The molecule has 0 aromatic heterocycles. The minimum Gasteiger partial charge on any atom is -0.550 e. The van der Waals surface area contributed by atoms with Crippen molar-refractivity contribution in [2.24, 2.45) is 0 Å². The highest BCUT2D eigenvalue weighted by atomic mass is 16.4. The van der Waals surface area contributed by atoms with Crippen molar-refractivity contribution < 1.29 is 14.4 Å². The van der Waals surface area contributed by atoms with Crippen LogP contribution in [0.1, 0.15) is 96.8 Å². The third kappa shape index (κ3) is 17.6. The minimum absolute atomic E-state index is 0.222. The Bertz CT molecular complexity index is 277. The molecule has 0 N–H and O–H groups in total. The van der Waals surface area contributed by atoms with Crippen molar-refractivity contribution in [1.82, 2.24) is 0 Å². The lowest BCUT2D eigenvalue weighted by molar-refractivity contribution is -0.890. The van der Waals surface area contributed by atoms with Gasteiger partial charge >= 0.3 is 0 Å². The van der Waals surface area contributed by atoms with Crippen LogP contribution in [0.4, 0.5) is 0 Å². The number of hydrogen-bond acceptors (Lipinski definition) is 2. The topological polar surface area (TPSA) is 40.1 Å². The largest absolute Gasteiger partial charge is 0.550 e. The molecule has 0 saturated carbocycles. The molecule has 0 aromatic carbocycles. The Labute approximate surface area is 145 Å². The molecular formula is C20H41NO2. The van der Waals surface area contributed by atoms with Crippen LogP contribution in [-0.2, 0) is 4.79 Å².